The lowest BCUT2D eigenvalue weighted by Gasteiger charge is -2.10. The Labute approximate surface area is 111 Å². The Hall–Kier alpha value is -2.21. The molecule has 19 heavy (non-hydrogen) atoms. The minimum atomic E-state index is -0.354. The molecule has 0 amide bonds. The van der Waals surface area contributed by atoms with Crippen molar-refractivity contribution in [3.05, 3.63) is 57.7 Å². The minimum Gasteiger partial charge on any atom is -0.330 e. The lowest BCUT2D eigenvalue weighted by molar-refractivity contribution is -0.385. The maximum Gasteiger partial charge on any atom is 0.272 e. The van der Waals surface area contributed by atoms with Crippen LogP contribution in [0.15, 0.2) is 30.6 Å². The van der Waals surface area contributed by atoms with Crippen LogP contribution in [0.25, 0.3) is 0 Å². The van der Waals surface area contributed by atoms with Gasteiger partial charge in [-0.2, -0.15) is 0 Å². The summed E-state index contributed by atoms with van der Waals surface area (Å²) in [5, 5.41) is 10.9. The summed E-state index contributed by atoms with van der Waals surface area (Å²) in [6, 6.07) is 5.13. The summed E-state index contributed by atoms with van der Waals surface area (Å²) in [7, 11) is 0. The van der Waals surface area contributed by atoms with Crippen LogP contribution in [-0.4, -0.2) is 21.0 Å². The van der Waals surface area contributed by atoms with Crippen LogP contribution in [0.2, 0.25) is 0 Å². The fraction of sp³-hybridized carbons (Fsp3) is 0.308. The van der Waals surface area contributed by atoms with Gasteiger partial charge >= 0.3 is 0 Å². The van der Waals surface area contributed by atoms with Gasteiger partial charge in [-0.15, -0.1) is 0 Å². The number of nitro groups is 1. The first-order chi connectivity index (χ1) is 9.13. The molecule has 0 saturated carbocycles. The summed E-state index contributed by atoms with van der Waals surface area (Å²) < 4.78 is 1.97. The molecule has 2 rings (SSSR count). The molecule has 0 atom stereocenters. The van der Waals surface area contributed by atoms with Crippen LogP contribution in [0.3, 0.4) is 0 Å². The summed E-state index contributed by atoms with van der Waals surface area (Å²) in [6.07, 6.45) is 4.28. The molecule has 0 spiro atoms. The van der Waals surface area contributed by atoms with Crippen LogP contribution in [0.4, 0.5) is 5.69 Å². The molecule has 2 N–H and O–H groups in total. The lowest BCUT2D eigenvalue weighted by Crippen LogP contribution is -2.11. The zero-order chi connectivity index (χ0) is 13.8. The van der Waals surface area contributed by atoms with Gasteiger partial charge in [0.05, 0.1) is 4.92 Å². The van der Waals surface area contributed by atoms with Crippen molar-refractivity contribution < 1.29 is 4.92 Å². The minimum absolute atomic E-state index is 0.151. The second-order valence-corrected chi connectivity index (χ2v) is 4.33. The topological polar surface area (TPSA) is 87.0 Å². The van der Waals surface area contributed by atoms with Crippen LogP contribution in [0.5, 0.6) is 0 Å². The fourth-order valence-electron chi connectivity index (χ4n) is 2.06. The van der Waals surface area contributed by atoms with Gasteiger partial charge in [0.15, 0.2) is 0 Å². The maximum absolute atomic E-state index is 10.9. The number of imidazole rings is 1. The van der Waals surface area contributed by atoms with Gasteiger partial charge in [-0.3, -0.25) is 10.1 Å². The SMILES string of the molecule is Cc1c(Cn2ccnc2CCN)cccc1[N+](=O)[O-]. The van der Waals surface area contributed by atoms with Crippen molar-refractivity contribution in [2.45, 2.75) is 19.9 Å². The molecule has 0 aliphatic carbocycles. The molecule has 2 aromatic rings. The normalized spacial score (nSPS) is 10.6. The average Bonchev–Trinajstić information content (AvgIpc) is 2.79. The van der Waals surface area contributed by atoms with Crippen LogP contribution in [-0.2, 0) is 13.0 Å². The second-order valence-electron chi connectivity index (χ2n) is 4.33. The third-order valence-electron chi connectivity index (χ3n) is 3.12. The van der Waals surface area contributed by atoms with Crippen molar-refractivity contribution in [2.75, 3.05) is 6.54 Å². The molecule has 6 heteroatoms. The highest BCUT2D eigenvalue weighted by Gasteiger charge is 2.14. The fourth-order valence-corrected chi connectivity index (χ4v) is 2.06. The highest BCUT2D eigenvalue weighted by molar-refractivity contribution is 5.44. The molecule has 0 bridgehead atoms. The summed E-state index contributed by atoms with van der Waals surface area (Å²) in [4.78, 5) is 14.8. The number of rotatable bonds is 5. The van der Waals surface area contributed by atoms with E-state index in [9.17, 15) is 10.1 Å². The Morgan fingerprint density at radius 3 is 2.95 bits per heavy atom. The highest BCUT2D eigenvalue weighted by Crippen LogP contribution is 2.22. The average molecular weight is 260 g/mol. The van der Waals surface area contributed by atoms with E-state index in [1.165, 1.54) is 6.07 Å². The molecule has 0 fully saturated rings. The molecular formula is C13H16N4O2. The van der Waals surface area contributed by atoms with E-state index < -0.39 is 0 Å². The van der Waals surface area contributed by atoms with Crippen LogP contribution < -0.4 is 5.73 Å². The van der Waals surface area contributed by atoms with E-state index >= 15 is 0 Å². The van der Waals surface area contributed by atoms with Crippen LogP contribution in [0, 0.1) is 17.0 Å². The van der Waals surface area contributed by atoms with E-state index in [0.717, 1.165) is 11.4 Å². The predicted molar refractivity (Wildman–Crippen MR) is 71.9 cm³/mol. The number of nitrogens with two attached hydrogens (primary N) is 1. The molecule has 1 aromatic heterocycles. The van der Waals surface area contributed by atoms with Crippen molar-refractivity contribution in [3.8, 4) is 0 Å². The van der Waals surface area contributed by atoms with Crippen LogP contribution in [0.1, 0.15) is 17.0 Å². The van der Waals surface area contributed by atoms with E-state index in [-0.39, 0.29) is 10.6 Å². The Morgan fingerprint density at radius 2 is 2.26 bits per heavy atom. The number of nitrogens with zero attached hydrogens (tertiary/aromatic N) is 3. The van der Waals surface area contributed by atoms with E-state index in [0.29, 0.717) is 25.1 Å². The number of aromatic nitrogens is 2. The van der Waals surface area contributed by atoms with Crippen molar-refractivity contribution in [2.24, 2.45) is 5.73 Å². The summed E-state index contributed by atoms with van der Waals surface area (Å²) in [5.74, 6) is 0.897. The van der Waals surface area contributed by atoms with E-state index in [1.807, 2.05) is 16.8 Å². The first kappa shape index (κ1) is 13.2. The van der Waals surface area contributed by atoms with Crippen molar-refractivity contribution in [1.82, 2.24) is 9.55 Å². The number of benzene rings is 1. The number of hydrogen-bond acceptors (Lipinski definition) is 4. The van der Waals surface area contributed by atoms with E-state index in [4.69, 9.17) is 5.73 Å². The van der Waals surface area contributed by atoms with Gasteiger partial charge in [0.25, 0.3) is 5.69 Å². The predicted octanol–water partition coefficient (Wildman–Crippen LogP) is 1.65. The molecule has 0 aliphatic rings. The largest absolute Gasteiger partial charge is 0.330 e. The third-order valence-corrected chi connectivity index (χ3v) is 3.12. The molecule has 1 aromatic carbocycles. The first-order valence-electron chi connectivity index (χ1n) is 6.06. The third kappa shape index (κ3) is 2.79. The lowest BCUT2D eigenvalue weighted by atomic mass is 10.1. The van der Waals surface area contributed by atoms with Gasteiger partial charge in [-0.1, -0.05) is 12.1 Å². The Kier molecular flexibility index (Phi) is 3.91. The first-order valence-corrected chi connectivity index (χ1v) is 6.06. The second kappa shape index (κ2) is 5.62. The summed E-state index contributed by atoms with van der Waals surface area (Å²) in [6.45, 7) is 2.88. The Balaban J connectivity index is 2.31. The quantitative estimate of drug-likeness (QED) is 0.654. The van der Waals surface area contributed by atoms with Gasteiger partial charge in [0.1, 0.15) is 5.82 Å². The Morgan fingerprint density at radius 1 is 1.47 bits per heavy atom. The number of hydrogen-bond donors (Lipinski definition) is 1. The monoisotopic (exact) mass is 260 g/mol. The van der Waals surface area contributed by atoms with Crippen molar-refractivity contribution in [3.63, 3.8) is 0 Å². The molecular weight excluding hydrogens is 244 g/mol. The van der Waals surface area contributed by atoms with Crippen molar-refractivity contribution in [1.29, 1.82) is 0 Å². The van der Waals surface area contributed by atoms with Crippen LogP contribution >= 0.6 is 0 Å². The molecule has 0 saturated heterocycles. The maximum atomic E-state index is 10.9. The number of nitro benzene ring substituents is 1. The summed E-state index contributed by atoms with van der Waals surface area (Å²) in [5.41, 5.74) is 7.30. The zero-order valence-electron chi connectivity index (χ0n) is 10.7. The molecule has 0 unspecified atom stereocenters. The van der Waals surface area contributed by atoms with Gasteiger partial charge in [-0.25, -0.2) is 4.98 Å². The van der Waals surface area contributed by atoms with Gasteiger partial charge in [0, 0.05) is 37.0 Å². The van der Waals surface area contributed by atoms with Gasteiger partial charge in [0.2, 0.25) is 0 Å². The molecule has 0 aliphatic heterocycles. The van der Waals surface area contributed by atoms with E-state index in [2.05, 4.69) is 4.98 Å². The zero-order valence-corrected chi connectivity index (χ0v) is 10.7. The molecule has 100 valence electrons. The molecule has 1 heterocycles. The van der Waals surface area contributed by atoms with Crippen molar-refractivity contribution >= 4 is 5.69 Å². The van der Waals surface area contributed by atoms with Gasteiger partial charge < -0.3 is 10.3 Å². The van der Waals surface area contributed by atoms with E-state index in [1.54, 1.807) is 19.2 Å². The highest BCUT2D eigenvalue weighted by atomic mass is 16.6. The molecule has 6 nitrogen and oxygen atoms in total. The molecule has 0 radical (unpaired) electrons. The summed E-state index contributed by atoms with van der Waals surface area (Å²) >= 11 is 0. The standard InChI is InChI=1S/C13H16N4O2/c1-10-11(3-2-4-12(10)17(18)19)9-16-8-7-15-13(16)5-6-14/h2-4,7-8H,5-6,9,14H2,1H3. The Bertz CT molecular complexity index is 592. The smallest absolute Gasteiger partial charge is 0.272 e. The van der Waals surface area contributed by atoms with Gasteiger partial charge in [-0.05, 0) is 19.0 Å².